The zero-order chi connectivity index (χ0) is 14.1. The maximum atomic E-state index is 12.1. The highest BCUT2D eigenvalue weighted by molar-refractivity contribution is 6.04. The lowest BCUT2D eigenvalue weighted by Gasteiger charge is -2.29. The van der Waals surface area contributed by atoms with Gasteiger partial charge in [0.15, 0.2) is 6.61 Å². The van der Waals surface area contributed by atoms with Gasteiger partial charge in [-0.2, -0.15) is 0 Å². The molecular formula is C15H13NO4. The zero-order valence-electron chi connectivity index (χ0n) is 10.9. The van der Waals surface area contributed by atoms with E-state index < -0.39 is 0 Å². The van der Waals surface area contributed by atoms with E-state index in [9.17, 15) is 9.90 Å². The molecule has 0 atom stereocenters. The fourth-order valence-corrected chi connectivity index (χ4v) is 2.14. The van der Waals surface area contributed by atoms with Crippen LogP contribution < -0.4 is 14.4 Å². The summed E-state index contributed by atoms with van der Waals surface area (Å²) in [7, 11) is 1.58. The summed E-state index contributed by atoms with van der Waals surface area (Å²) in [5.74, 6) is 1.26. The highest BCUT2D eigenvalue weighted by Gasteiger charge is 2.27. The summed E-state index contributed by atoms with van der Waals surface area (Å²) in [6.45, 7) is -0.0267. The van der Waals surface area contributed by atoms with Crippen LogP contribution in [0.15, 0.2) is 42.5 Å². The lowest BCUT2D eigenvalue weighted by atomic mass is 10.2. The minimum absolute atomic E-state index is 0.0267. The van der Waals surface area contributed by atoms with Crippen molar-refractivity contribution < 1.29 is 19.4 Å². The van der Waals surface area contributed by atoms with Gasteiger partial charge < -0.3 is 14.6 Å². The van der Waals surface area contributed by atoms with Gasteiger partial charge in [-0.15, -0.1) is 0 Å². The van der Waals surface area contributed by atoms with Crippen molar-refractivity contribution in [2.45, 2.75) is 0 Å². The van der Waals surface area contributed by atoms with Gasteiger partial charge in [-0.05, 0) is 36.4 Å². The fraction of sp³-hybridized carbons (Fsp3) is 0.133. The fourth-order valence-electron chi connectivity index (χ4n) is 2.14. The van der Waals surface area contributed by atoms with Crippen molar-refractivity contribution in [2.24, 2.45) is 0 Å². The Morgan fingerprint density at radius 1 is 1.20 bits per heavy atom. The topological polar surface area (TPSA) is 59.0 Å². The molecule has 2 aromatic carbocycles. The number of methoxy groups -OCH3 is 1. The van der Waals surface area contributed by atoms with Crippen LogP contribution in [0.3, 0.4) is 0 Å². The van der Waals surface area contributed by atoms with E-state index in [0.717, 1.165) is 0 Å². The van der Waals surface area contributed by atoms with Crippen molar-refractivity contribution >= 4 is 17.3 Å². The summed E-state index contributed by atoms with van der Waals surface area (Å²) in [6.07, 6.45) is 0. The zero-order valence-corrected chi connectivity index (χ0v) is 10.9. The molecule has 5 nitrogen and oxygen atoms in total. The van der Waals surface area contributed by atoms with Crippen LogP contribution in [-0.2, 0) is 4.79 Å². The average molecular weight is 271 g/mol. The molecule has 2 aromatic rings. The molecule has 1 aliphatic heterocycles. The minimum atomic E-state index is -0.159. The Balaban J connectivity index is 2.07. The molecule has 5 heteroatoms. The Labute approximate surface area is 116 Å². The lowest BCUT2D eigenvalue weighted by Crippen LogP contribution is -2.35. The second-order valence-electron chi connectivity index (χ2n) is 4.37. The SMILES string of the molecule is COc1ccc2c(c1)OCC(=O)N2c1ccc(O)cc1. The Morgan fingerprint density at radius 2 is 1.95 bits per heavy atom. The first-order valence-corrected chi connectivity index (χ1v) is 6.12. The van der Waals surface area contributed by atoms with Crippen molar-refractivity contribution in [3.05, 3.63) is 42.5 Å². The standard InChI is InChI=1S/C15H13NO4/c1-19-12-6-7-13-14(8-12)20-9-15(18)16(13)10-2-4-11(17)5-3-10/h2-8,17H,9H2,1H3. The summed E-state index contributed by atoms with van der Waals surface area (Å²) in [4.78, 5) is 13.7. The van der Waals surface area contributed by atoms with Crippen LogP contribution in [0.1, 0.15) is 0 Å². The number of carbonyl (C=O) groups excluding carboxylic acids is 1. The van der Waals surface area contributed by atoms with Crippen molar-refractivity contribution in [1.82, 2.24) is 0 Å². The van der Waals surface area contributed by atoms with Crippen LogP contribution in [0.4, 0.5) is 11.4 Å². The van der Waals surface area contributed by atoms with Gasteiger partial charge in [0, 0.05) is 11.8 Å². The van der Waals surface area contributed by atoms with E-state index >= 15 is 0 Å². The average Bonchev–Trinajstić information content (AvgIpc) is 2.48. The van der Waals surface area contributed by atoms with Crippen LogP contribution in [0.5, 0.6) is 17.2 Å². The number of fused-ring (bicyclic) bond motifs is 1. The molecule has 0 saturated heterocycles. The first-order valence-electron chi connectivity index (χ1n) is 6.12. The number of amides is 1. The molecule has 0 radical (unpaired) electrons. The van der Waals surface area contributed by atoms with Gasteiger partial charge in [0.1, 0.15) is 17.2 Å². The number of benzene rings is 2. The van der Waals surface area contributed by atoms with E-state index in [1.807, 2.05) is 0 Å². The van der Waals surface area contributed by atoms with E-state index in [-0.39, 0.29) is 18.3 Å². The van der Waals surface area contributed by atoms with Crippen LogP contribution in [-0.4, -0.2) is 24.7 Å². The van der Waals surface area contributed by atoms with Gasteiger partial charge in [0.05, 0.1) is 12.8 Å². The Kier molecular flexibility index (Phi) is 2.95. The third kappa shape index (κ3) is 2.03. The molecule has 0 fully saturated rings. The number of nitrogens with zero attached hydrogens (tertiary/aromatic N) is 1. The van der Waals surface area contributed by atoms with Gasteiger partial charge in [-0.3, -0.25) is 9.69 Å². The quantitative estimate of drug-likeness (QED) is 0.911. The molecule has 0 unspecified atom stereocenters. The number of carbonyl (C=O) groups is 1. The third-order valence-electron chi connectivity index (χ3n) is 3.12. The predicted molar refractivity (Wildman–Crippen MR) is 73.7 cm³/mol. The Hall–Kier alpha value is -2.69. The number of aromatic hydroxyl groups is 1. The first-order chi connectivity index (χ1) is 9.69. The molecule has 1 aliphatic rings. The molecule has 0 aliphatic carbocycles. The number of hydrogen-bond donors (Lipinski definition) is 1. The largest absolute Gasteiger partial charge is 0.508 e. The van der Waals surface area contributed by atoms with E-state index in [2.05, 4.69) is 0 Å². The maximum Gasteiger partial charge on any atom is 0.269 e. The molecule has 1 amide bonds. The van der Waals surface area contributed by atoms with Gasteiger partial charge in [0.25, 0.3) is 5.91 Å². The maximum absolute atomic E-state index is 12.1. The summed E-state index contributed by atoms with van der Waals surface area (Å²) in [6, 6.07) is 11.8. The summed E-state index contributed by atoms with van der Waals surface area (Å²) in [5.41, 5.74) is 1.34. The molecule has 102 valence electrons. The third-order valence-corrected chi connectivity index (χ3v) is 3.12. The Morgan fingerprint density at radius 3 is 2.65 bits per heavy atom. The van der Waals surface area contributed by atoms with Crippen molar-refractivity contribution in [3.8, 4) is 17.2 Å². The normalized spacial score (nSPS) is 13.7. The van der Waals surface area contributed by atoms with Gasteiger partial charge in [0.2, 0.25) is 0 Å². The highest BCUT2D eigenvalue weighted by Crippen LogP contribution is 2.39. The molecular weight excluding hydrogens is 258 g/mol. The van der Waals surface area contributed by atoms with Crippen molar-refractivity contribution in [1.29, 1.82) is 0 Å². The molecule has 0 saturated carbocycles. The number of rotatable bonds is 2. The summed E-state index contributed by atoms with van der Waals surface area (Å²) >= 11 is 0. The number of anilines is 2. The van der Waals surface area contributed by atoms with E-state index in [1.165, 1.54) is 0 Å². The highest BCUT2D eigenvalue weighted by atomic mass is 16.5. The van der Waals surface area contributed by atoms with E-state index in [0.29, 0.717) is 22.9 Å². The summed E-state index contributed by atoms with van der Waals surface area (Å²) < 4.78 is 10.6. The molecule has 1 heterocycles. The minimum Gasteiger partial charge on any atom is -0.508 e. The Bertz CT molecular complexity index is 651. The van der Waals surface area contributed by atoms with Gasteiger partial charge in [-0.1, -0.05) is 0 Å². The number of hydrogen-bond acceptors (Lipinski definition) is 4. The molecule has 0 spiro atoms. The first kappa shape index (κ1) is 12.3. The van der Waals surface area contributed by atoms with Gasteiger partial charge in [-0.25, -0.2) is 0 Å². The van der Waals surface area contributed by atoms with Crippen molar-refractivity contribution in [2.75, 3.05) is 18.6 Å². The van der Waals surface area contributed by atoms with E-state index in [1.54, 1.807) is 54.5 Å². The lowest BCUT2D eigenvalue weighted by molar-refractivity contribution is -0.120. The predicted octanol–water partition coefficient (Wildman–Crippen LogP) is 2.46. The molecule has 1 N–H and O–H groups in total. The second kappa shape index (κ2) is 4.77. The smallest absolute Gasteiger partial charge is 0.269 e. The molecule has 3 rings (SSSR count). The van der Waals surface area contributed by atoms with Crippen LogP contribution >= 0.6 is 0 Å². The monoisotopic (exact) mass is 271 g/mol. The van der Waals surface area contributed by atoms with E-state index in [4.69, 9.17) is 9.47 Å². The van der Waals surface area contributed by atoms with Crippen LogP contribution in [0, 0.1) is 0 Å². The number of phenolic OH excluding ortho intramolecular Hbond substituents is 1. The molecule has 0 bridgehead atoms. The number of phenols is 1. The van der Waals surface area contributed by atoms with Gasteiger partial charge >= 0.3 is 0 Å². The molecule has 0 aromatic heterocycles. The molecule has 20 heavy (non-hydrogen) atoms. The summed E-state index contributed by atoms with van der Waals surface area (Å²) in [5, 5.41) is 9.34. The van der Waals surface area contributed by atoms with Crippen LogP contribution in [0.2, 0.25) is 0 Å². The second-order valence-corrected chi connectivity index (χ2v) is 4.37. The van der Waals surface area contributed by atoms with Crippen LogP contribution in [0.25, 0.3) is 0 Å². The number of ether oxygens (including phenoxy) is 2. The van der Waals surface area contributed by atoms with Crippen molar-refractivity contribution in [3.63, 3.8) is 0 Å².